The molecule has 2 atom stereocenters. The lowest BCUT2D eigenvalue weighted by Crippen LogP contribution is -2.36. The van der Waals surface area contributed by atoms with Gasteiger partial charge in [-0.2, -0.15) is 0 Å². The first kappa shape index (κ1) is 13.3. The SMILES string of the molecule is CCC1CCCN(c2ccc(F)cc2[C@@H](C)N)C1. The molecule has 1 aliphatic rings. The van der Waals surface area contributed by atoms with Gasteiger partial charge in [0, 0.05) is 24.8 Å². The van der Waals surface area contributed by atoms with Crippen LogP contribution in [-0.4, -0.2) is 13.1 Å². The van der Waals surface area contributed by atoms with Crippen molar-refractivity contribution in [1.29, 1.82) is 0 Å². The number of hydrogen-bond acceptors (Lipinski definition) is 2. The van der Waals surface area contributed by atoms with Gasteiger partial charge in [0.1, 0.15) is 5.82 Å². The van der Waals surface area contributed by atoms with Crippen molar-refractivity contribution in [3.8, 4) is 0 Å². The van der Waals surface area contributed by atoms with E-state index in [4.69, 9.17) is 5.73 Å². The first-order valence-corrected chi connectivity index (χ1v) is 6.91. The average molecular weight is 250 g/mol. The summed E-state index contributed by atoms with van der Waals surface area (Å²) in [4.78, 5) is 2.37. The number of nitrogens with two attached hydrogens (primary N) is 1. The molecule has 0 spiro atoms. The van der Waals surface area contributed by atoms with Gasteiger partial charge in [-0.15, -0.1) is 0 Å². The number of rotatable bonds is 3. The highest BCUT2D eigenvalue weighted by molar-refractivity contribution is 5.55. The number of hydrogen-bond donors (Lipinski definition) is 1. The van der Waals surface area contributed by atoms with Crippen LogP contribution in [0.2, 0.25) is 0 Å². The molecule has 0 bridgehead atoms. The third-order valence-corrected chi connectivity index (χ3v) is 3.92. The largest absolute Gasteiger partial charge is 0.371 e. The molecule has 0 aromatic heterocycles. The van der Waals surface area contributed by atoms with E-state index in [1.165, 1.54) is 25.3 Å². The highest BCUT2D eigenvalue weighted by Crippen LogP contribution is 2.30. The maximum Gasteiger partial charge on any atom is 0.123 e. The normalized spacial score (nSPS) is 22.0. The molecule has 0 aliphatic carbocycles. The fraction of sp³-hybridized carbons (Fsp3) is 0.600. The van der Waals surface area contributed by atoms with Gasteiger partial charge in [-0.3, -0.25) is 0 Å². The smallest absolute Gasteiger partial charge is 0.123 e. The van der Waals surface area contributed by atoms with Crippen LogP contribution < -0.4 is 10.6 Å². The third kappa shape index (κ3) is 2.83. The first-order valence-electron chi connectivity index (χ1n) is 6.91. The molecule has 1 fully saturated rings. The standard InChI is InChI=1S/C15H23FN2/c1-3-12-5-4-8-18(10-12)15-7-6-13(16)9-14(15)11(2)17/h6-7,9,11-12H,3-5,8,10,17H2,1-2H3/t11-,12?/m1/s1. The molecule has 1 aromatic rings. The Morgan fingerprint density at radius 1 is 1.50 bits per heavy atom. The minimum atomic E-state index is -0.199. The summed E-state index contributed by atoms with van der Waals surface area (Å²) in [6, 6.07) is 4.87. The van der Waals surface area contributed by atoms with E-state index in [9.17, 15) is 4.39 Å². The van der Waals surface area contributed by atoms with Crippen molar-refractivity contribution in [2.24, 2.45) is 11.7 Å². The van der Waals surface area contributed by atoms with E-state index in [0.29, 0.717) is 0 Å². The summed E-state index contributed by atoms with van der Waals surface area (Å²) >= 11 is 0. The monoisotopic (exact) mass is 250 g/mol. The summed E-state index contributed by atoms with van der Waals surface area (Å²) < 4.78 is 13.3. The molecular weight excluding hydrogens is 227 g/mol. The van der Waals surface area contributed by atoms with Crippen LogP contribution in [0.15, 0.2) is 18.2 Å². The van der Waals surface area contributed by atoms with Crippen LogP contribution in [0.5, 0.6) is 0 Å². The quantitative estimate of drug-likeness (QED) is 0.890. The van der Waals surface area contributed by atoms with Crippen LogP contribution in [-0.2, 0) is 0 Å². The summed E-state index contributed by atoms with van der Waals surface area (Å²) in [7, 11) is 0. The van der Waals surface area contributed by atoms with Crippen molar-refractivity contribution in [3.63, 3.8) is 0 Å². The Bertz CT molecular complexity index is 403. The van der Waals surface area contributed by atoms with Gasteiger partial charge in [-0.05, 0) is 49.4 Å². The zero-order valence-corrected chi connectivity index (χ0v) is 11.3. The molecule has 2 nitrogen and oxygen atoms in total. The molecule has 1 aromatic carbocycles. The highest BCUT2D eigenvalue weighted by Gasteiger charge is 2.21. The van der Waals surface area contributed by atoms with Crippen LogP contribution >= 0.6 is 0 Å². The molecule has 0 saturated carbocycles. The van der Waals surface area contributed by atoms with Gasteiger partial charge in [0.25, 0.3) is 0 Å². The zero-order chi connectivity index (χ0) is 13.1. The maximum atomic E-state index is 13.3. The van der Waals surface area contributed by atoms with Gasteiger partial charge in [-0.1, -0.05) is 13.3 Å². The first-order chi connectivity index (χ1) is 8.61. The van der Waals surface area contributed by atoms with Crippen molar-refractivity contribution < 1.29 is 4.39 Å². The Labute approximate surface area is 109 Å². The molecule has 0 amide bonds. The van der Waals surface area contributed by atoms with Crippen LogP contribution in [0.25, 0.3) is 0 Å². The molecule has 2 rings (SSSR count). The second kappa shape index (κ2) is 5.70. The lowest BCUT2D eigenvalue weighted by atomic mass is 9.94. The van der Waals surface area contributed by atoms with Crippen LogP contribution in [0, 0.1) is 11.7 Å². The number of nitrogens with zero attached hydrogens (tertiary/aromatic N) is 1. The molecule has 1 aliphatic heterocycles. The van der Waals surface area contributed by atoms with Gasteiger partial charge >= 0.3 is 0 Å². The van der Waals surface area contributed by atoms with Gasteiger partial charge in [0.05, 0.1) is 0 Å². The molecule has 1 heterocycles. The minimum absolute atomic E-state index is 0.127. The molecular formula is C15H23FN2. The summed E-state index contributed by atoms with van der Waals surface area (Å²) in [6.45, 7) is 6.29. The van der Waals surface area contributed by atoms with E-state index in [-0.39, 0.29) is 11.9 Å². The van der Waals surface area contributed by atoms with Crippen LogP contribution in [0.4, 0.5) is 10.1 Å². The zero-order valence-electron chi connectivity index (χ0n) is 11.3. The van der Waals surface area contributed by atoms with Gasteiger partial charge in [-0.25, -0.2) is 4.39 Å². The van der Waals surface area contributed by atoms with E-state index in [1.54, 1.807) is 6.07 Å². The fourth-order valence-electron chi connectivity index (χ4n) is 2.80. The third-order valence-electron chi connectivity index (χ3n) is 3.92. The summed E-state index contributed by atoms with van der Waals surface area (Å²) in [5.74, 6) is 0.555. The Hall–Kier alpha value is -1.09. The van der Waals surface area contributed by atoms with Crippen molar-refractivity contribution >= 4 is 5.69 Å². The Balaban J connectivity index is 2.26. The van der Waals surface area contributed by atoms with E-state index in [1.807, 2.05) is 13.0 Å². The van der Waals surface area contributed by atoms with E-state index in [2.05, 4.69) is 11.8 Å². The summed E-state index contributed by atoms with van der Waals surface area (Å²) in [6.07, 6.45) is 3.74. The van der Waals surface area contributed by atoms with Gasteiger partial charge in [0.15, 0.2) is 0 Å². The molecule has 18 heavy (non-hydrogen) atoms. The lowest BCUT2D eigenvalue weighted by molar-refractivity contribution is 0.404. The molecule has 1 unspecified atom stereocenters. The Kier molecular flexibility index (Phi) is 4.23. The lowest BCUT2D eigenvalue weighted by Gasteiger charge is -2.35. The Morgan fingerprint density at radius 2 is 2.28 bits per heavy atom. The molecule has 2 N–H and O–H groups in total. The van der Waals surface area contributed by atoms with Crippen LogP contribution in [0.1, 0.15) is 44.7 Å². The number of halogens is 1. The van der Waals surface area contributed by atoms with Crippen molar-refractivity contribution in [2.45, 2.75) is 39.2 Å². The predicted octanol–water partition coefficient (Wildman–Crippen LogP) is 3.47. The average Bonchev–Trinajstić information content (AvgIpc) is 2.38. The van der Waals surface area contributed by atoms with Crippen LogP contribution in [0.3, 0.4) is 0 Å². The predicted molar refractivity (Wildman–Crippen MR) is 74.2 cm³/mol. The van der Waals surface area contributed by atoms with E-state index in [0.717, 1.165) is 30.3 Å². The summed E-state index contributed by atoms with van der Waals surface area (Å²) in [5, 5.41) is 0. The topological polar surface area (TPSA) is 29.3 Å². The Morgan fingerprint density at radius 3 is 2.94 bits per heavy atom. The number of benzene rings is 1. The number of piperidine rings is 1. The molecule has 100 valence electrons. The van der Waals surface area contributed by atoms with E-state index < -0.39 is 0 Å². The minimum Gasteiger partial charge on any atom is -0.371 e. The number of anilines is 1. The molecule has 1 saturated heterocycles. The maximum absolute atomic E-state index is 13.3. The molecule has 3 heteroatoms. The van der Waals surface area contributed by atoms with Crippen molar-refractivity contribution in [3.05, 3.63) is 29.6 Å². The van der Waals surface area contributed by atoms with Gasteiger partial charge in [0.2, 0.25) is 0 Å². The molecule has 0 radical (unpaired) electrons. The second-order valence-electron chi connectivity index (χ2n) is 5.35. The van der Waals surface area contributed by atoms with Gasteiger partial charge < -0.3 is 10.6 Å². The highest BCUT2D eigenvalue weighted by atomic mass is 19.1. The van der Waals surface area contributed by atoms with Crippen molar-refractivity contribution in [2.75, 3.05) is 18.0 Å². The van der Waals surface area contributed by atoms with E-state index >= 15 is 0 Å². The fourth-order valence-corrected chi connectivity index (χ4v) is 2.80. The second-order valence-corrected chi connectivity index (χ2v) is 5.35. The van der Waals surface area contributed by atoms with Crippen molar-refractivity contribution in [1.82, 2.24) is 0 Å². The summed E-state index contributed by atoms with van der Waals surface area (Å²) in [5.41, 5.74) is 8.00.